The molecule has 0 amide bonds. The van der Waals surface area contributed by atoms with Crippen molar-refractivity contribution in [1.29, 1.82) is 0 Å². The molecule has 1 N–H and O–H groups in total. The third kappa shape index (κ3) is 5.27. The monoisotopic (exact) mass is 534 g/mol. The minimum atomic E-state index is -0.517. The number of carbonyl (C=O) groups excluding carboxylic acids is 1. The third-order valence-electron chi connectivity index (χ3n) is 12.4. The Labute approximate surface area is 238 Å². The molecule has 3 nitrogen and oxygen atoms in total. The SMILES string of the molecule is CC[C@]12CC[C@H]3[C@@H](CC=C4C[C@@](C)(O)CC[C@@]43C)[C@@H]1CC[C@@H]2[C@H](C)CC[C@H](OC(=O)c1ccccc1)C(C)C. The largest absolute Gasteiger partial charge is 0.459 e. The summed E-state index contributed by atoms with van der Waals surface area (Å²) >= 11 is 0. The van der Waals surface area contributed by atoms with Crippen molar-refractivity contribution in [3.05, 3.63) is 47.5 Å². The van der Waals surface area contributed by atoms with Gasteiger partial charge in [0.2, 0.25) is 0 Å². The van der Waals surface area contributed by atoms with Crippen molar-refractivity contribution in [3.8, 4) is 0 Å². The van der Waals surface area contributed by atoms with Crippen LogP contribution in [0.5, 0.6) is 0 Å². The summed E-state index contributed by atoms with van der Waals surface area (Å²) in [6.07, 6.45) is 15.6. The van der Waals surface area contributed by atoms with E-state index < -0.39 is 5.60 Å². The minimum absolute atomic E-state index is 0.0315. The van der Waals surface area contributed by atoms with Gasteiger partial charge in [-0.15, -0.1) is 0 Å². The van der Waals surface area contributed by atoms with E-state index in [9.17, 15) is 9.90 Å². The summed E-state index contributed by atoms with van der Waals surface area (Å²) < 4.78 is 6.05. The molecule has 3 fully saturated rings. The highest BCUT2D eigenvalue weighted by Crippen LogP contribution is 2.68. The van der Waals surface area contributed by atoms with E-state index in [4.69, 9.17) is 4.74 Å². The predicted molar refractivity (Wildman–Crippen MR) is 159 cm³/mol. The van der Waals surface area contributed by atoms with Gasteiger partial charge in [-0.2, -0.15) is 0 Å². The van der Waals surface area contributed by atoms with Crippen molar-refractivity contribution in [2.45, 2.75) is 124 Å². The van der Waals surface area contributed by atoms with Crippen LogP contribution in [0.1, 0.15) is 123 Å². The van der Waals surface area contributed by atoms with Gasteiger partial charge >= 0.3 is 5.97 Å². The summed E-state index contributed by atoms with van der Waals surface area (Å²) in [6.45, 7) is 13.9. The molecule has 0 heterocycles. The smallest absolute Gasteiger partial charge is 0.338 e. The molecule has 216 valence electrons. The fourth-order valence-corrected chi connectivity index (χ4v) is 10.1. The van der Waals surface area contributed by atoms with Gasteiger partial charge in [-0.05, 0) is 136 Å². The first-order valence-corrected chi connectivity index (χ1v) is 16.2. The Morgan fingerprint density at radius 2 is 1.74 bits per heavy atom. The Balaban J connectivity index is 1.27. The molecule has 0 spiro atoms. The molecule has 0 radical (unpaired) electrons. The molecule has 5 rings (SSSR count). The van der Waals surface area contributed by atoms with Crippen LogP contribution in [0.4, 0.5) is 0 Å². The molecular weight excluding hydrogens is 480 g/mol. The zero-order valence-corrected chi connectivity index (χ0v) is 25.5. The Morgan fingerprint density at radius 3 is 2.44 bits per heavy atom. The van der Waals surface area contributed by atoms with Crippen LogP contribution in [-0.2, 0) is 4.74 Å². The number of esters is 1. The van der Waals surface area contributed by atoms with Gasteiger partial charge in [-0.3, -0.25) is 0 Å². The van der Waals surface area contributed by atoms with Crippen LogP contribution in [0.25, 0.3) is 0 Å². The van der Waals surface area contributed by atoms with Gasteiger partial charge in [0.25, 0.3) is 0 Å². The Bertz CT molecular complexity index is 1040. The maximum Gasteiger partial charge on any atom is 0.338 e. The second-order valence-corrected chi connectivity index (χ2v) is 14.9. The van der Waals surface area contributed by atoms with Crippen molar-refractivity contribution < 1.29 is 14.6 Å². The molecule has 0 bridgehead atoms. The molecule has 9 atom stereocenters. The normalized spacial score (nSPS) is 39.2. The van der Waals surface area contributed by atoms with Gasteiger partial charge in [-0.1, -0.05) is 64.5 Å². The quantitative estimate of drug-likeness (QED) is 0.267. The number of ether oxygens (including phenoxy) is 1. The van der Waals surface area contributed by atoms with Gasteiger partial charge in [0.05, 0.1) is 11.2 Å². The highest BCUT2D eigenvalue weighted by atomic mass is 16.5. The van der Waals surface area contributed by atoms with Gasteiger partial charge in [-0.25, -0.2) is 4.79 Å². The lowest BCUT2D eigenvalue weighted by molar-refractivity contribution is -0.0795. The van der Waals surface area contributed by atoms with Crippen LogP contribution >= 0.6 is 0 Å². The molecule has 4 aliphatic carbocycles. The molecule has 39 heavy (non-hydrogen) atoms. The summed E-state index contributed by atoms with van der Waals surface area (Å²) in [4.78, 5) is 12.8. The van der Waals surface area contributed by atoms with Gasteiger partial charge in [0.1, 0.15) is 6.10 Å². The molecule has 4 aliphatic rings. The number of fused-ring (bicyclic) bond motifs is 5. The number of rotatable bonds is 8. The van der Waals surface area contributed by atoms with Crippen molar-refractivity contribution >= 4 is 5.97 Å². The second kappa shape index (κ2) is 11.0. The summed E-state index contributed by atoms with van der Waals surface area (Å²) in [7, 11) is 0. The Kier molecular flexibility index (Phi) is 8.15. The van der Waals surface area contributed by atoms with E-state index in [0.717, 1.165) is 55.8 Å². The summed E-state index contributed by atoms with van der Waals surface area (Å²) in [5, 5.41) is 10.8. The van der Waals surface area contributed by atoms with Crippen LogP contribution in [-0.4, -0.2) is 22.8 Å². The van der Waals surface area contributed by atoms with Crippen LogP contribution < -0.4 is 0 Å². The lowest BCUT2D eigenvalue weighted by Crippen LogP contribution is -2.52. The summed E-state index contributed by atoms with van der Waals surface area (Å²) in [5.41, 5.74) is 2.46. The van der Waals surface area contributed by atoms with Crippen molar-refractivity contribution in [1.82, 2.24) is 0 Å². The maximum atomic E-state index is 12.8. The van der Waals surface area contributed by atoms with E-state index in [1.807, 2.05) is 37.3 Å². The zero-order chi connectivity index (χ0) is 28.0. The lowest BCUT2D eigenvalue weighted by Gasteiger charge is -2.60. The van der Waals surface area contributed by atoms with Crippen LogP contribution in [0.15, 0.2) is 42.0 Å². The fourth-order valence-electron chi connectivity index (χ4n) is 10.1. The predicted octanol–water partition coefficient (Wildman–Crippen LogP) is 9.00. The first-order chi connectivity index (χ1) is 18.5. The van der Waals surface area contributed by atoms with E-state index in [0.29, 0.717) is 28.2 Å². The average molecular weight is 535 g/mol. The summed E-state index contributed by atoms with van der Waals surface area (Å²) in [5.74, 6) is 3.99. The lowest BCUT2D eigenvalue weighted by atomic mass is 9.45. The number of carbonyl (C=O) groups is 1. The molecule has 0 aromatic heterocycles. The van der Waals surface area contributed by atoms with Gasteiger partial charge in [0.15, 0.2) is 0 Å². The molecular formula is C36H54O3. The molecule has 1 aromatic carbocycles. The average Bonchev–Trinajstić information content (AvgIpc) is 3.31. The van der Waals surface area contributed by atoms with Crippen molar-refractivity contribution in [2.24, 2.45) is 46.3 Å². The number of hydrogen-bond acceptors (Lipinski definition) is 3. The molecule has 3 saturated carbocycles. The van der Waals surface area contributed by atoms with Crippen molar-refractivity contribution in [3.63, 3.8) is 0 Å². The molecule has 3 heteroatoms. The van der Waals surface area contributed by atoms with Crippen LogP contribution in [0.2, 0.25) is 0 Å². The van der Waals surface area contributed by atoms with E-state index in [2.05, 4.69) is 40.7 Å². The highest BCUT2D eigenvalue weighted by molar-refractivity contribution is 5.89. The standard InChI is InChI=1S/C36H54O3/c1-7-36-20-19-30-28(15-14-27-23-34(5,38)21-22-35(27,30)6)31(36)17-16-29(36)25(4)13-18-32(24(2)3)39-33(37)26-11-9-8-10-12-26/h8-12,14,24-25,28-32,38H,7,13,15-23H2,1-6H3/t25-,28-,29-,30+,31+,32+,34+,35+,36-/m1/s1. The van der Waals surface area contributed by atoms with Crippen molar-refractivity contribution in [2.75, 3.05) is 0 Å². The first-order valence-electron chi connectivity index (χ1n) is 16.2. The topological polar surface area (TPSA) is 46.5 Å². The molecule has 1 aromatic rings. The molecule has 0 aliphatic heterocycles. The molecule has 0 unspecified atom stereocenters. The highest BCUT2D eigenvalue weighted by Gasteiger charge is 2.60. The fraction of sp³-hybridized carbons (Fsp3) is 0.750. The second-order valence-electron chi connectivity index (χ2n) is 14.9. The van der Waals surface area contributed by atoms with E-state index in [1.165, 1.54) is 38.5 Å². The van der Waals surface area contributed by atoms with Crippen LogP contribution in [0, 0.1) is 46.3 Å². The van der Waals surface area contributed by atoms with E-state index >= 15 is 0 Å². The number of benzene rings is 1. The van der Waals surface area contributed by atoms with Crippen LogP contribution in [0.3, 0.4) is 0 Å². The first kappa shape index (κ1) is 28.9. The Morgan fingerprint density at radius 1 is 1.00 bits per heavy atom. The zero-order valence-electron chi connectivity index (χ0n) is 25.5. The van der Waals surface area contributed by atoms with E-state index in [-0.39, 0.29) is 12.1 Å². The minimum Gasteiger partial charge on any atom is -0.459 e. The molecule has 0 saturated heterocycles. The van der Waals surface area contributed by atoms with E-state index in [1.54, 1.807) is 5.57 Å². The Hall–Kier alpha value is -1.61. The maximum absolute atomic E-state index is 12.8. The number of aliphatic hydroxyl groups is 1. The number of allylic oxidation sites excluding steroid dienone is 1. The third-order valence-corrected chi connectivity index (χ3v) is 12.4. The van der Waals surface area contributed by atoms with Gasteiger partial charge in [0, 0.05) is 0 Å². The van der Waals surface area contributed by atoms with Gasteiger partial charge < -0.3 is 9.84 Å². The summed E-state index contributed by atoms with van der Waals surface area (Å²) in [6, 6.07) is 9.44. The number of hydrogen-bond donors (Lipinski definition) is 1.